The topological polar surface area (TPSA) is 46.6 Å². The molecule has 5 heteroatoms. The number of carbonyl (C=O) groups excluding carboxylic acids is 2. The van der Waals surface area contributed by atoms with Crippen molar-refractivity contribution in [3.8, 4) is 0 Å². The van der Waals surface area contributed by atoms with Crippen LogP contribution in [0.4, 0.5) is 0 Å². The minimum Gasteiger partial charge on any atom is -0.465 e. The van der Waals surface area contributed by atoms with Gasteiger partial charge in [-0.25, -0.2) is 4.79 Å². The van der Waals surface area contributed by atoms with Gasteiger partial charge in [0.05, 0.1) is 12.7 Å². The average Bonchev–Trinajstić information content (AvgIpc) is 2.35. The van der Waals surface area contributed by atoms with Gasteiger partial charge in [0.25, 0.3) is 0 Å². The molecule has 18 heavy (non-hydrogen) atoms. The van der Waals surface area contributed by atoms with Gasteiger partial charge < -0.3 is 9.64 Å². The second-order valence-electron chi connectivity index (χ2n) is 3.83. The number of rotatable bonds is 4. The molecule has 0 spiro atoms. The van der Waals surface area contributed by atoms with E-state index in [4.69, 9.17) is 0 Å². The number of allylic oxidation sites excluding steroid dienone is 1. The van der Waals surface area contributed by atoms with E-state index in [-0.39, 0.29) is 5.78 Å². The molecule has 0 bridgehead atoms. The van der Waals surface area contributed by atoms with E-state index in [0.717, 1.165) is 0 Å². The number of esters is 1. The van der Waals surface area contributed by atoms with Crippen molar-refractivity contribution >= 4 is 27.7 Å². The summed E-state index contributed by atoms with van der Waals surface area (Å²) in [6, 6.07) is 4.82. The summed E-state index contributed by atoms with van der Waals surface area (Å²) < 4.78 is 5.24. The molecule has 0 saturated heterocycles. The van der Waals surface area contributed by atoms with Crippen molar-refractivity contribution < 1.29 is 14.3 Å². The Kier molecular flexibility index (Phi) is 5.09. The predicted molar refractivity (Wildman–Crippen MR) is 72.6 cm³/mol. The molecule has 1 aromatic carbocycles. The van der Waals surface area contributed by atoms with E-state index in [9.17, 15) is 9.59 Å². The van der Waals surface area contributed by atoms with Crippen LogP contribution >= 0.6 is 15.9 Å². The van der Waals surface area contributed by atoms with Gasteiger partial charge in [0, 0.05) is 36.4 Å². The van der Waals surface area contributed by atoms with Crippen LogP contribution in [0.2, 0.25) is 0 Å². The highest BCUT2D eigenvalue weighted by molar-refractivity contribution is 9.10. The smallest absolute Gasteiger partial charge is 0.339 e. The molecule has 0 aliphatic heterocycles. The SMILES string of the molecule is COC(=O)c1cc(C(=O)C=CN(C)C)ccc1Br. The summed E-state index contributed by atoms with van der Waals surface area (Å²) in [6.07, 6.45) is 3.10. The van der Waals surface area contributed by atoms with E-state index < -0.39 is 5.97 Å². The first-order valence-corrected chi connectivity index (χ1v) is 6.02. The molecule has 0 aliphatic carbocycles. The fourth-order valence-corrected chi connectivity index (χ4v) is 1.67. The Labute approximate surface area is 114 Å². The normalized spacial score (nSPS) is 10.4. The van der Waals surface area contributed by atoms with E-state index in [1.54, 1.807) is 23.2 Å². The first-order chi connectivity index (χ1) is 8.45. The quantitative estimate of drug-likeness (QED) is 0.487. The van der Waals surface area contributed by atoms with Gasteiger partial charge in [-0.15, -0.1) is 0 Å². The van der Waals surface area contributed by atoms with Gasteiger partial charge in [0.15, 0.2) is 5.78 Å². The summed E-state index contributed by atoms with van der Waals surface area (Å²) in [5, 5.41) is 0. The lowest BCUT2D eigenvalue weighted by Gasteiger charge is -2.05. The highest BCUT2D eigenvalue weighted by Crippen LogP contribution is 2.19. The Balaban J connectivity index is 3.05. The zero-order chi connectivity index (χ0) is 13.7. The zero-order valence-corrected chi connectivity index (χ0v) is 12.0. The highest BCUT2D eigenvalue weighted by Gasteiger charge is 2.13. The number of hydrogen-bond donors (Lipinski definition) is 0. The molecule has 0 aliphatic rings. The van der Waals surface area contributed by atoms with Crippen molar-refractivity contribution in [3.63, 3.8) is 0 Å². The highest BCUT2D eigenvalue weighted by atomic mass is 79.9. The third-order valence-electron chi connectivity index (χ3n) is 2.18. The molecule has 96 valence electrons. The van der Waals surface area contributed by atoms with Crippen molar-refractivity contribution in [2.75, 3.05) is 21.2 Å². The molecule has 1 aromatic rings. The van der Waals surface area contributed by atoms with E-state index in [1.807, 2.05) is 14.1 Å². The number of ether oxygens (including phenoxy) is 1. The van der Waals surface area contributed by atoms with Gasteiger partial charge in [0.1, 0.15) is 0 Å². The Hall–Kier alpha value is -1.62. The maximum Gasteiger partial charge on any atom is 0.339 e. The van der Waals surface area contributed by atoms with Crippen molar-refractivity contribution in [2.45, 2.75) is 0 Å². The predicted octanol–water partition coefficient (Wildman–Crippen LogP) is 2.49. The van der Waals surface area contributed by atoms with E-state index in [2.05, 4.69) is 20.7 Å². The fourth-order valence-electron chi connectivity index (χ4n) is 1.26. The van der Waals surface area contributed by atoms with Crippen LogP contribution < -0.4 is 0 Å². The number of halogens is 1. The van der Waals surface area contributed by atoms with E-state index in [1.165, 1.54) is 19.3 Å². The lowest BCUT2D eigenvalue weighted by Crippen LogP contribution is -2.06. The third kappa shape index (κ3) is 3.70. The van der Waals surface area contributed by atoms with Crippen molar-refractivity contribution in [1.82, 2.24) is 4.90 Å². The summed E-state index contributed by atoms with van der Waals surface area (Å²) >= 11 is 3.24. The van der Waals surface area contributed by atoms with E-state index in [0.29, 0.717) is 15.6 Å². The number of carbonyl (C=O) groups is 2. The van der Waals surface area contributed by atoms with Crippen molar-refractivity contribution in [1.29, 1.82) is 0 Å². The number of hydrogen-bond acceptors (Lipinski definition) is 4. The number of benzene rings is 1. The molecule has 0 aromatic heterocycles. The number of nitrogens with zero attached hydrogens (tertiary/aromatic N) is 1. The zero-order valence-electron chi connectivity index (χ0n) is 10.4. The first-order valence-electron chi connectivity index (χ1n) is 5.22. The molecule has 1 rings (SSSR count). The summed E-state index contributed by atoms with van der Waals surface area (Å²) in [6.45, 7) is 0. The molecule has 0 radical (unpaired) electrons. The van der Waals surface area contributed by atoms with Gasteiger partial charge >= 0.3 is 5.97 Å². The Bertz CT molecular complexity index is 495. The Morgan fingerprint density at radius 3 is 2.56 bits per heavy atom. The second-order valence-corrected chi connectivity index (χ2v) is 4.68. The maximum atomic E-state index is 11.8. The molecule has 0 atom stereocenters. The third-order valence-corrected chi connectivity index (χ3v) is 2.87. The van der Waals surface area contributed by atoms with Crippen LogP contribution in [0.25, 0.3) is 0 Å². The van der Waals surface area contributed by atoms with Crippen LogP contribution in [0.5, 0.6) is 0 Å². The van der Waals surface area contributed by atoms with Crippen LogP contribution in [0.15, 0.2) is 34.9 Å². The van der Waals surface area contributed by atoms with Crippen LogP contribution in [0.3, 0.4) is 0 Å². The van der Waals surface area contributed by atoms with Gasteiger partial charge in [-0.3, -0.25) is 4.79 Å². The molecule has 0 fully saturated rings. The minimum absolute atomic E-state index is 0.165. The Morgan fingerprint density at radius 1 is 1.33 bits per heavy atom. The van der Waals surface area contributed by atoms with Crippen molar-refractivity contribution in [3.05, 3.63) is 46.1 Å². The molecular formula is C13H14BrNO3. The lowest BCUT2D eigenvalue weighted by molar-refractivity contribution is 0.0599. The molecule has 0 amide bonds. The average molecular weight is 312 g/mol. The van der Waals surface area contributed by atoms with Gasteiger partial charge in [-0.1, -0.05) is 0 Å². The summed E-state index contributed by atoms with van der Waals surface area (Å²) in [5.74, 6) is -0.644. The molecule has 0 heterocycles. The van der Waals surface area contributed by atoms with Crippen molar-refractivity contribution in [2.24, 2.45) is 0 Å². The largest absolute Gasteiger partial charge is 0.465 e. The fraction of sp³-hybridized carbons (Fsp3) is 0.231. The first kappa shape index (κ1) is 14.4. The monoisotopic (exact) mass is 311 g/mol. The molecule has 0 N–H and O–H groups in total. The van der Waals surface area contributed by atoms with Gasteiger partial charge in [-0.2, -0.15) is 0 Å². The molecular weight excluding hydrogens is 298 g/mol. The molecule has 0 unspecified atom stereocenters. The van der Waals surface area contributed by atoms with Crippen LogP contribution in [-0.2, 0) is 4.74 Å². The van der Waals surface area contributed by atoms with Crippen LogP contribution in [0, 0.1) is 0 Å². The second kappa shape index (κ2) is 6.35. The lowest BCUT2D eigenvalue weighted by atomic mass is 10.1. The standard InChI is InChI=1S/C13H14BrNO3/c1-15(2)7-6-12(16)9-4-5-11(14)10(8-9)13(17)18-3/h4-8H,1-3H3. The van der Waals surface area contributed by atoms with Gasteiger partial charge in [-0.05, 0) is 34.1 Å². The Morgan fingerprint density at radius 2 is 2.00 bits per heavy atom. The summed E-state index contributed by atoms with van der Waals surface area (Å²) in [5.41, 5.74) is 0.776. The summed E-state index contributed by atoms with van der Waals surface area (Å²) in [4.78, 5) is 25.1. The van der Waals surface area contributed by atoms with Gasteiger partial charge in [0.2, 0.25) is 0 Å². The van der Waals surface area contributed by atoms with E-state index >= 15 is 0 Å². The summed E-state index contributed by atoms with van der Waals surface area (Å²) in [7, 11) is 4.95. The molecule has 4 nitrogen and oxygen atoms in total. The number of methoxy groups -OCH3 is 1. The van der Waals surface area contributed by atoms with Crippen LogP contribution in [-0.4, -0.2) is 37.9 Å². The number of ketones is 1. The maximum absolute atomic E-state index is 11.8. The van der Waals surface area contributed by atoms with Crippen LogP contribution in [0.1, 0.15) is 20.7 Å². The minimum atomic E-state index is -0.479. The molecule has 0 saturated carbocycles.